The molecule has 0 heterocycles. The fourth-order valence-corrected chi connectivity index (χ4v) is 1.83. The quantitative estimate of drug-likeness (QED) is 0.808. The highest BCUT2D eigenvalue weighted by atomic mass is 16.6. The van der Waals surface area contributed by atoms with Gasteiger partial charge in [-0.3, -0.25) is 4.79 Å². The van der Waals surface area contributed by atoms with Crippen molar-refractivity contribution in [2.45, 2.75) is 58.8 Å². The minimum atomic E-state index is -0.941. The predicted molar refractivity (Wildman–Crippen MR) is 89.5 cm³/mol. The molecule has 6 heteroatoms. The monoisotopic (exact) mass is 335 g/mol. The molecule has 0 saturated heterocycles. The third-order valence-corrected chi connectivity index (χ3v) is 3.12. The van der Waals surface area contributed by atoms with Crippen LogP contribution in [0.1, 0.15) is 40.2 Å². The van der Waals surface area contributed by atoms with Crippen molar-refractivity contribution >= 4 is 17.8 Å². The molecule has 2 atom stereocenters. The summed E-state index contributed by atoms with van der Waals surface area (Å²) in [5, 5.41) is 2.52. The highest BCUT2D eigenvalue weighted by Gasteiger charge is 2.27. The second-order valence-electron chi connectivity index (χ2n) is 6.58. The Kier molecular flexibility index (Phi) is 6.95. The van der Waals surface area contributed by atoms with Crippen molar-refractivity contribution in [3.8, 4) is 0 Å². The lowest BCUT2D eigenvalue weighted by molar-refractivity contribution is -0.155. The van der Waals surface area contributed by atoms with Gasteiger partial charge in [-0.05, 0) is 40.2 Å². The van der Waals surface area contributed by atoms with Crippen LogP contribution in [0.4, 0.5) is 4.79 Å². The Hall–Kier alpha value is -2.37. The summed E-state index contributed by atoms with van der Waals surface area (Å²) in [6.07, 6.45) is -1.34. The van der Waals surface area contributed by atoms with Crippen molar-refractivity contribution in [3.63, 3.8) is 0 Å². The van der Waals surface area contributed by atoms with E-state index in [1.54, 1.807) is 20.8 Å². The number of amides is 1. The number of nitrogens with one attached hydrogen (secondary N) is 1. The van der Waals surface area contributed by atoms with Crippen LogP contribution in [-0.4, -0.2) is 35.6 Å². The van der Waals surface area contributed by atoms with Gasteiger partial charge in [0.2, 0.25) is 0 Å². The average Bonchev–Trinajstić information content (AvgIpc) is 2.45. The predicted octanol–water partition coefficient (Wildman–Crippen LogP) is 2.64. The first-order valence-electron chi connectivity index (χ1n) is 7.83. The van der Waals surface area contributed by atoms with E-state index in [4.69, 9.17) is 9.47 Å². The van der Waals surface area contributed by atoms with Crippen LogP contribution in [0.25, 0.3) is 0 Å². The third kappa shape index (κ3) is 7.26. The van der Waals surface area contributed by atoms with Gasteiger partial charge in [-0.15, -0.1) is 0 Å². The smallest absolute Gasteiger partial charge is 0.408 e. The van der Waals surface area contributed by atoms with Crippen LogP contribution in [0.5, 0.6) is 0 Å². The van der Waals surface area contributed by atoms with E-state index in [9.17, 15) is 14.4 Å². The number of carbonyl (C=O) groups is 3. The molecule has 0 bridgehead atoms. The zero-order chi connectivity index (χ0) is 18.3. The Morgan fingerprint density at radius 2 is 1.71 bits per heavy atom. The summed E-state index contributed by atoms with van der Waals surface area (Å²) in [6, 6.07) is 8.27. The molecule has 0 aliphatic heterocycles. The van der Waals surface area contributed by atoms with E-state index in [0.717, 1.165) is 5.56 Å². The van der Waals surface area contributed by atoms with Crippen LogP contribution in [-0.2, 0) is 25.5 Å². The molecule has 0 aromatic heterocycles. The van der Waals surface area contributed by atoms with Crippen molar-refractivity contribution in [2.75, 3.05) is 0 Å². The lowest BCUT2D eigenvalue weighted by Gasteiger charge is -2.23. The Morgan fingerprint density at radius 1 is 1.12 bits per heavy atom. The maximum absolute atomic E-state index is 12.3. The van der Waals surface area contributed by atoms with Crippen molar-refractivity contribution in [1.82, 2.24) is 5.32 Å². The van der Waals surface area contributed by atoms with E-state index < -0.39 is 29.8 Å². The van der Waals surface area contributed by atoms with Gasteiger partial charge in [-0.2, -0.15) is 0 Å². The second kappa shape index (κ2) is 8.47. The molecular formula is C18H25NO5. The Morgan fingerprint density at radius 3 is 2.21 bits per heavy atom. The number of rotatable bonds is 6. The van der Waals surface area contributed by atoms with Gasteiger partial charge >= 0.3 is 12.1 Å². The maximum atomic E-state index is 12.3. The number of alkyl carbamates (subject to hydrolysis) is 1. The molecule has 0 saturated carbocycles. The fourth-order valence-electron chi connectivity index (χ4n) is 1.83. The third-order valence-electron chi connectivity index (χ3n) is 3.12. The van der Waals surface area contributed by atoms with Crippen LogP contribution < -0.4 is 5.32 Å². The molecule has 1 rings (SSSR count). The van der Waals surface area contributed by atoms with Crippen LogP contribution >= 0.6 is 0 Å². The molecular weight excluding hydrogens is 310 g/mol. The van der Waals surface area contributed by atoms with Crippen molar-refractivity contribution < 1.29 is 23.9 Å². The minimum Gasteiger partial charge on any atom is -0.453 e. The zero-order valence-corrected chi connectivity index (χ0v) is 14.8. The van der Waals surface area contributed by atoms with Gasteiger partial charge in [0.05, 0.1) is 0 Å². The average molecular weight is 335 g/mol. The summed E-state index contributed by atoms with van der Waals surface area (Å²) in [7, 11) is 0. The number of esters is 1. The number of ether oxygens (including phenoxy) is 2. The molecule has 132 valence electrons. The summed E-state index contributed by atoms with van der Waals surface area (Å²) in [6.45, 7) is 8.03. The normalized spacial score (nSPS) is 13.5. The van der Waals surface area contributed by atoms with E-state index in [0.29, 0.717) is 0 Å². The van der Waals surface area contributed by atoms with E-state index in [1.807, 2.05) is 30.3 Å². The van der Waals surface area contributed by atoms with Crippen LogP contribution in [0, 0.1) is 0 Å². The summed E-state index contributed by atoms with van der Waals surface area (Å²) in [5.74, 6) is -0.938. The Labute approximate surface area is 142 Å². The van der Waals surface area contributed by atoms with E-state index >= 15 is 0 Å². The fraction of sp³-hybridized carbons (Fsp3) is 0.500. The first kappa shape index (κ1) is 19.7. The summed E-state index contributed by atoms with van der Waals surface area (Å²) < 4.78 is 10.3. The lowest BCUT2D eigenvalue weighted by Crippen LogP contribution is -2.46. The molecule has 1 amide bonds. The highest BCUT2D eigenvalue weighted by molar-refractivity contribution is 5.86. The SMILES string of the molecule is CC(=O)C(C)OC(=O)[C@H](Cc1ccccc1)NC(=O)OC(C)(C)C. The van der Waals surface area contributed by atoms with Crippen LogP contribution in [0.2, 0.25) is 0 Å². The number of Topliss-reactive ketones (excluding diaryl/α,β-unsaturated/α-hetero) is 1. The van der Waals surface area contributed by atoms with Crippen LogP contribution in [0.3, 0.4) is 0 Å². The number of hydrogen-bond donors (Lipinski definition) is 1. The summed E-state index contributed by atoms with van der Waals surface area (Å²) in [4.78, 5) is 35.6. The second-order valence-corrected chi connectivity index (χ2v) is 6.58. The maximum Gasteiger partial charge on any atom is 0.408 e. The minimum absolute atomic E-state index is 0.240. The molecule has 1 N–H and O–H groups in total. The standard InChI is InChI=1S/C18H25NO5/c1-12(20)13(2)23-16(21)15(11-14-9-7-6-8-10-14)19-17(22)24-18(3,4)5/h6-10,13,15H,11H2,1-5H3,(H,19,22)/t13?,15-/m0/s1. The first-order chi connectivity index (χ1) is 11.1. The molecule has 0 spiro atoms. The van der Waals surface area contributed by atoms with Gasteiger partial charge < -0.3 is 14.8 Å². The number of benzene rings is 1. The zero-order valence-electron chi connectivity index (χ0n) is 14.8. The molecule has 0 radical (unpaired) electrons. The first-order valence-corrected chi connectivity index (χ1v) is 7.83. The van der Waals surface area contributed by atoms with Crippen molar-refractivity contribution in [1.29, 1.82) is 0 Å². The van der Waals surface area contributed by atoms with Gasteiger partial charge in [-0.25, -0.2) is 9.59 Å². The van der Waals surface area contributed by atoms with Gasteiger partial charge in [-0.1, -0.05) is 30.3 Å². The molecule has 1 aromatic carbocycles. The summed E-state index contributed by atoms with van der Waals surface area (Å²) >= 11 is 0. The number of carbonyl (C=O) groups excluding carboxylic acids is 3. The molecule has 0 fully saturated rings. The van der Waals surface area contributed by atoms with Gasteiger partial charge in [0.15, 0.2) is 11.9 Å². The van der Waals surface area contributed by atoms with E-state index in [-0.39, 0.29) is 12.2 Å². The molecule has 24 heavy (non-hydrogen) atoms. The summed E-state index contributed by atoms with van der Waals surface area (Å²) in [5.41, 5.74) is 0.170. The van der Waals surface area contributed by atoms with Crippen molar-refractivity contribution in [3.05, 3.63) is 35.9 Å². The van der Waals surface area contributed by atoms with Crippen molar-refractivity contribution in [2.24, 2.45) is 0 Å². The molecule has 1 aromatic rings. The van der Waals surface area contributed by atoms with E-state index in [1.165, 1.54) is 13.8 Å². The number of hydrogen-bond acceptors (Lipinski definition) is 5. The van der Waals surface area contributed by atoms with E-state index in [2.05, 4.69) is 5.32 Å². The Bertz CT molecular complexity index is 577. The topological polar surface area (TPSA) is 81.7 Å². The molecule has 1 unspecified atom stereocenters. The largest absolute Gasteiger partial charge is 0.453 e. The van der Waals surface area contributed by atoms with Gasteiger partial charge in [0.1, 0.15) is 11.6 Å². The molecule has 0 aliphatic carbocycles. The molecule has 0 aliphatic rings. The van der Waals surface area contributed by atoms with Gasteiger partial charge in [0.25, 0.3) is 0 Å². The highest BCUT2D eigenvalue weighted by Crippen LogP contribution is 2.10. The number of ketones is 1. The van der Waals surface area contributed by atoms with Gasteiger partial charge in [0, 0.05) is 6.42 Å². The lowest BCUT2D eigenvalue weighted by atomic mass is 10.1. The van der Waals surface area contributed by atoms with Crippen LogP contribution in [0.15, 0.2) is 30.3 Å². The Balaban J connectivity index is 2.84. The molecule has 6 nitrogen and oxygen atoms in total.